The Morgan fingerprint density at radius 3 is 2.09 bits per heavy atom. The molecular weight excluding hydrogens is 136 g/mol. The third-order valence-corrected chi connectivity index (χ3v) is 1.05. The number of ether oxygens (including phenoxy) is 1. The largest absolute Gasteiger partial charge is 0.375 e. The zero-order valence-electron chi connectivity index (χ0n) is 7.42. The van der Waals surface area contributed by atoms with Gasteiger partial charge in [-0.05, 0) is 19.8 Å². The Labute approximate surface area is 71.5 Å². The highest BCUT2D eigenvalue weighted by Crippen LogP contribution is 1.94. The fourth-order valence-electron chi connectivity index (χ4n) is 0.576. The van der Waals surface area contributed by atoms with Crippen LogP contribution in [0.15, 0.2) is 12.2 Å². The quantitative estimate of drug-likeness (QED) is 0.571. The molecule has 1 nitrogen and oxygen atoms in total. The van der Waals surface area contributed by atoms with Crippen molar-refractivity contribution in [3.63, 3.8) is 0 Å². The molecule has 0 N–H and O–H groups in total. The highest BCUT2D eigenvalue weighted by Gasteiger charge is 1.88. The van der Waals surface area contributed by atoms with E-state index in [0.717, 1.165) is 6.61 Å². The first-order valence-corrected chi connectivity index (χ1v) is 3.91. The number of hydrogen-bond donors (Lipinski definition) is 0. The molecule has 0 aromatic rings. The normalized spacial score (nSPS) is 11.1. The molecule has 0 spiro atoms. The molecule has 0 atom stereocenters. The molecule has 0 heterocycles. The average molecular weight is 158 g/mol. The number of rotatable bonds is 4. The molecule has 0 aliphatic rings. The fourth-order valence-corrected chi connectivity index (χ4v) is 0.576. The van der Waals surface area contributed by atoms with Crippen LogP contribution in [0.2, 0.25) is 0 Å². The summed E-state index contributed by atoms with van der Waals surface area (Å²) in [6.07, 6.45) is 4.57. The first-order valence-electron chi connectivity index (χ1n) is 3.91. The highest BCUT2D eigenvalue weighted by atomic mass is 16.5. The lowest BCUT2D eigenvalue weighted by Crippen LogP contribution is -2.01. The Hall–Kier alpha value is -0.300. The summed E-state index contributed by atoms with van der Waals surface area (Å²) in [6, 6.07) is 0. The Bertz CT molecular complexity index is 93.0. The molecule has 68 valence electrons. The smallest absolute Gasteiger partial charge is 0.0651 e. The second-order valence-electron chi connectivity index (χ2n) is 3.05. The van der Waals surface area contributed by atoms with E-state index in [1.54, 1.807) is 0 Å². The van der Waals surface area contributed by atoms with Crippen molar-refractivity contribution in [3.05, 3.63) is 12.2 Å². The van der Waals surface area contributed by atoms with Crippen molar-refractivity contribution in [3.8, 4) is 0 Å². The maximum absolute atomic E-state index is 5.31. The maximum Gasteiger partial charge on any atom is 0.0651 e. The molecule has 0 fully saturated rings. The third kappa shape index (κ3) is 12.8. The van der Waals surface area contributed by atoms with Gasteiger partial charge >= 0.3 is 0 Å². The third-order valence-electron chi connectivity index (χ3n) is 1.05. The van der Waals surface area contributed by atoms with Crippen LogP contribution in [0.5, 0.6) is 0 Å². The van der Waals surface area contributed by atoms with Gasteiger partial charge in [-0.2, -0.15) is 0 Å². The van der Waals surface area contributed by atoms with Crippen molar-refractivity contribution in [2.24, 2.45) is 5.92 Å². The minimum Gasteiger partial charge on any atom is -0.375 e. The summed E-state index contributed by atoms with van der Waals surface area (Å²) in [5.41, 5.74) is 0. The van der Waals surface area contributed by atoms with Crippen LogP contribution in [-0.2, 0) is 4.74 Å². The van der Waals surface area contributed by atoms with E-state index >= 15 is 0 Å². The lowest BCUT2D eigenvalue weighted by Gasteiger charge is -2.03. The van der Waals surface area contributed by atoms with E-state index < -0.39 is 0 Å². The molecular formula is C10H22O. The molecule has 0 aliphatic carbocycles. The van der Waals surface area contributed by atoms with E-state index in [4.69, 9.17) is 4.74 Å². The van der Waals surface area contributed by atoms with E-state index in [1.165, 1.54) is 0 Å². The Morgan fingerprint density at radius 2 is 1.73 bits per heavy atom. The summed E-state index contributed by atoms with van der Waals surface area (Å²) in [5, 5.41) is 0. The lowest BCUT2D eigenvalue weighted by atomic mass is 10.2. The molecule has 0 saturated carbocycles. The minimum atomic E-state index is 0. The van der Waals surface area contributed by atoms with Gasteiger partial charge in [-0.1, -0.05) is 33.4 Å². The van der Waals surface area contributed by atoms with Crippen LogP contribution in [0.1, 0.15) is 35.1 Å². The Morgan fingerprint density at radius 1 is 1.18 bits per heavy atom. The van der Waals surface area contributed by atoms with E-state index in [2.05, 4.69) is 26.0 Å². The molecule has 0 rings (SSSR count). The number of hydrogen-bond acceptors (Lipinski definition) is 1. The van der Waals surface area contributed by atoms with Gasteiger partial charge in [0.1, 0.15) is 0 Å². The van der Waals surface area contributed by atoms with E-state index in [-0.39, 0.29) is 7.43 Å². The van der Waals surface area contributed by atoms with E-state index in [0.29, 0.717) is 12.0 Å². The van der Waals surface area contributed by atoms with Crippen molar-refractivity contribution in [2.75, 3.05) is 6.61 Å². The monoisotopic (exact) mass is 158 g/mol. The van der Waals surface area contributed by atoms with Crippen molar-refractivity contribution >= 4 is 0 Å². The minimum absolute atomic E-state index is 0. The van der Waals surface area contributed by atoms with Crippen molar-refractivity contribution < 1.29 is 4.74 Å². The zero-order chi connectivity index (χ0) is 7.98. The molecule has 0 amide bonds. The SMILES string of the molecule is C.CC(C)/C=C/COC(C)C. The van der Waals surface area contributed by atoms with Gasteiger partial charge in [0.25, 0.3) is 0 Å². The average Bonchev–Trinajstić information content (AvgIpc) is 1.79. The van der Waals surface area contributed by atoms with Gasteiger partial charge in [-0.25, -0.2) is 0 Å². The maximum atomic E-state index is 5.31. The number of allylic oxidation sites excluding steroid dienone is 1. The Kier molecular flexibility index (Phi) is 9.44. The lowest BCUT2D eigenvalue weighted by molar-refractivity contribution is 0.102. The van der Waals surface area contributed by atoms with E-state index in [1.807, 2.05) is 13.8 Å². The molecule has 0 saturated heterocycles. The first kappa shape index (κ1) is 13.3. The molecule has 0 aliphatic heterocycles. The van der Waals surface area contributed by atoms with Gasteiger partial charge < -0.3 is 4.74 Å². The fraction of sp³-hybridized carbons (Fsp3) is 0.800. The molecule has 0 radical (unpaired) electrons. The summed E-state index contributed by atoms with van der Waals surface area (Å²) in [5.74, 6) is 0.635. The van der Waals surface area contributed by atoms with Gasteiger partial charge in [0.05, 0.1) is 12.7 Å². The summed E-state index contributed by atoms with van der Waals surface area (Å²) in [7, 11) is 0. The van der Waals surface area contributed by atoms with Crippen LogP contribution < -0.4 is 0 Å². The predicted octanol–water partition coefficient (Wildman–Crippen LogP) is 3.26. The van der Waals surface area contributed by atoms with Gasteiger partial charge in [0, 0.05) is 0 Å². The van der Waals surface area contributed by atoms with Gasteiger partial charge in [0.15, 0.2) is 0 Å². The Balaban J connectivity index is 0. The van der Waals surface area contributed by atoms with Crippen LogP contribution in [-0.4, -0.2) is 12.7 Å². The van der Waals surface area contributed by atoms with Gasteiger partial charge in [-0.15, -0.1) is 0 Å². The van der Waals surface area contributed by atoms with Crippen LogP contribution in [0.25, 0.3) is 0 Å². The second kappa shape index (κ2) is 7.80. The summed E-state index contributed by atoms with van der Waals surface area (Å²) in [4.78, 5) is 0. The first-order chi connectivity index (χ1) is 4.63. The zero-order valence-corrected chi connectivity index (χ0v) is 7.42. The molecule has 0 unspecified atom stereocenters. The van der Waals surface area contributed by atoms with Crippen LogP contribution in [0, 0.1) is 5.92 Å². The van der Waals surface area contributed by atoms with Crippen molar-refractivity contribution in [2.45, 2.75) is 41.2 Å². The van der Waals surface area contributed by atoms with Gasteiger partial charge in [0.2, 0.25) is 0 Å². The second-order valence-corrected chi connectivity index (χ2v) is 3.05. The molecule has 0 aromatic carbocycles. The van der Waals surface area contributed by atoms with Crippen LogP contribution in [0.3, 0.4) is 0 Å². The molecule has 0 bridgehead atoms. The predicted molar refractivity (Wildman–Crippen MR) is 51.8 cm³/mol. The molecule has 0 aromatic heterocycles. The van der Waals surface area contributed by atoms with Crippen LogP contribution >= 0.6 is 0 Å². The van der Waals surface area contributed by atoms with Crippen molar-refractivity contribution in [1.29, 1.82) is 0 Å². The van der Waals surface area contributed by atoms with Crippen molar-refractivity contribution in [1.82, 2.24) is 0 Å². The van der Waals surface area contributed by atoms with Crippen LogP contribution in [0.4, 0.5) is 0 Å². The summed E-state index contributed by atoms with van der Waals surface area (Å²) >= 11 is 0. The molecule has 1 heteroatoms. The summed E-state index contributed by atoms with van der Waals surface area (Å²) < 4.78 is 5.31. The highest BCUT2D eigenvalue weighted by molar-refractivity contribution is 4.84. The van der Waals surface area contributed by atoms with E-state index in [9.17, 15) is 0 Å². The topological polar surface area (TPSA) is 9.23 Å². The van der Waals surface area contributed by atoms with Gasteiger partial charge in [-0.3, -0.25) is 0 Å². The summed E-state index contributed by atoms with van der Waals surface area (Å²) in [6.45, 7) is 9.15. The molecule has 11 heavy (non-hydrogen) atoms. The standard InChI is InChI=1S/C9H18O.CH4/c1-8(2)6-5-7-10-9(3)4;/h5-6,8-9H,7H2,1-4H3;1H4/b6-5+;.